The van der Waals surface area contributed by atoms with Crippen LogP contribution in [0.3, 0.4) is 0 Å². The quantitative estimate of drug-likeness (QED) is 0.798. The fourth-order valence-corrected chi connectivity index (χ4v) is 2.39. The molecule has 1 fully saturated rings. The summed E-state index contributed by atoms with van der Waals surface area (Å²) in [5, 5.41) is 2.86. The number of hydrogen-bond donors (Lipinski definition) is 2. The Morgan fingerprint density at radius 3 is 2.41 bits per heavy atom. The Hall–Kier alpha value is -0.770. The van der Waals surface area contributed by atoms with Gasteiger partial charge in [0.25, 0.3) is 0 Å². The van der Waals surface area contributed by atoms with E-state index in [4.69, 9.17) is 10.5 Å². The summed E-state index contributed by atoms with van der Waals surface area (Å²) in [6.45, 7) is 7.03. The van der Waals surface area contributed by atoms with Gasteiger partial charge in [0, 0.05) is 6.54 Å². The smallest absolute Gasteiger partial charge is 0.407 e. The fraction of sp³-hybridized carbons (Fsp3) is 0.923. The summed E-state index contributed by atoms with van der Waals surface area (Å²) in [4.78, 5) is 11.5. The van der Waals surface area contributed by atoms with Crippen LogP contribution in [0.25, 0.3) is 0 Å². The van der Waals surface area contributed by atoms with Crippen molar-refractivity contribution in [2.45, 2.75) is 52.1 Å². The lowest BCUT2D eigenvalue weighted by Crippen LogP contribution is -2.39. The largest absolute Gasteiger partial charge is 0.444 e. The molecule has 0 bridgehead atoms. The van der Waals surface area contributed by atoms with Crippen LogP contribution in [-0.2, 0) is 4.74 Å². The zero-order valence-electron chi connectivity index (χ0n) is 11.3. The zero-order chi connectivity index (χ0) is 12.9. The van der Waals surface area contributed by atoms with Gasteiger partial charge in [-0.3, -0.25) is 0 Å². The van der Waals surface area contributed by atoms with Crippen LogP contribution in [0.15, 0.2) is 0 Å². The average Bonchev–Trinajstić information content (AvgIpc) is 2.24. The van der Waals surface area contributed by atoms with E-state index in [-0.39, 0.29) is 6.09 Å². The maximum atomic E-state index is 11.5. The summed E-state index contributed by atoms with van der Waals surface area (Å²) in [5.41, 5.74) is 5.33. The molecule has 4 heteroatoms. The highest BCUT2D eigenvalue weighted by atomic mass is 16.6. The second kappa shape index (κ2) is 6.24. The molecule has 2 atom stereocenters. The topological polar surface area (TPSA) is 64.3 Å². The fourth-order valence-electron chi connectivity index (χ4n) is 2.39. The molecule has 3 N–H and O–H groups in total. The summed E-state index contributed by atoms with van der Waals surface area (Å²) in [5.74, 6) is 1.07. The molecule has 0 saturated heterocycles. The Morgan fingerprint density at radius 1 is 1.29 bits per heavy atom. The van der Waals surface area contributed by atoms with Crippen LogP contribution in [0.1, 0.15) is 46.5 Å². The summed E-state index contributed by atoms with van der Waals surface area (Å²) >= 11 is 0. The minimum absolute atomic E-state index is 0.321. The summed E-state index contributed by atoms with van der Waals surface area (Å²) in [6, 6.07) is 0. The van der Waals surface area contributed by atoms with Crippen LogP contribution in [-0.4, -0.2) is 24.8 Å². The lowest BCUT2D eigenvalue weighted by atomic mass is 9.79. The van der Waals surface area contributed by atoms with E-state index in [0.717, 1.165) is 13.0 Å². The van der Waals surface area contributed by atoms with Gasteiger partial charge < -0.3 is 15.8 Å². The van der Waals surface area contributed by atoms with Crippen molar-refractivity contribution in [3.63, 3.8) is 0 Å². The van der Waals surface area contributed by atoms with Crippen molar-refractivity contribution in [1.29, 1.82) is 0 Å². The van der Waals surface area contributed by atoms with Gasteiger partial charge in [-0.25, -0.2) is 4.79 Å². The van der Waals surface area contributed by atoms with E-state index >= 15 is 0 Å². The highest BCUT2D eigenvalue weighted by Gasteiger charge is 2.25. The predicted octanol–water partition coefficient (Wildman–Crippen LogP) is 2.28. The molecule has 4 nitrogen and oxygen atoms in total. The molecule has 1 amide bonds. The first-order chi connectivity index (χ1) is 7.92. The van der Waals surface area contributed by atoms with Crippen molar-refractivity contribution >= 4 is 6.09 Å². The van der Waals surface area contributed by atoms with Crippen molar-refractivity contribution in [3.05, 3.63) is 0 Å². The van der Waals surface area contributed by atoms with Crippen LogP contribution in [0, 0.1) is 11.8 Å². The van der Waals surface area contributed by atoms with Crippen molar-refractivity contribution in [2.75, 3.05) is 13.1 Å². The molecule has 1 saturated carbocycles. The number of carbonyl (C=O) groups excluding carboxylic acids is 1. The average molecular weight is 242 g/mol. The van der Waals surface area contributed by atoms with Crippen LogP contribution < -0.4 is 11.1 Å². The van der Waals surface area contributed by atoms with Gasteiger partial charge in [0.2, 0.25) is 0 Å². The number of rotatable bonds is 3. The minimum Gasteiger partial charge on any atom is -0.444 e. The Kier molecular flexibility index (Phi) is 5.25. The van der Waals surface area contributed by atoms with Crippen molar-refractivity contribution in [1.82, 2.24) is 5.32 Å². The first kappa shape index (κ1) is 14.3. The Balaban J connectivity index is 2.31. The lowest BCUT2D eigenvalue weighted by Gasteiger charge is -2.31. The van der Waals surface area contributed by atoms with Gasteiger partial charge >= 0.3 is 6.09 Å². The highest BCUT2D eigenvalue weighted by molar-refractivity contribution is 5.67. The second-order valence-electron chi connectivity index (χ2n) is 5.92. The molecule has 17 heavy (non-hydrogen) atoms. The Morgan fingerprint density at radius 2 is 1.88 bits per heavy atom. The van der Waals surface area contributed by atoms with E-state index in [1.54, 1.807) is 0 Å². The van der Waals surface area contributed by atoms with Gasteiger partial charge in [-0.1, -0.05) is 12.8 Å². The SMILES string of the molecule is CC(C)(C)OC(=O)NC[C@H]1CCCC[C@@H]1CN. The molecule has 1 aliphatic carbocycles. The summed E-state index contributed by atoms with van der Waals surface area (Å²) in [6.07, 6.45) is 4.55. The molecule has 1 aliphatic rings. The van der Waals surface area contributed by atoms with Crippen LogP contribution in [0.5, 0.6) is 0 Å². The van der Waals surface area contributed by atoms with E-state index in [2.05, 4.69) is 5.32 Å². The normalized spacial score (nSPS) is 25.4. The third-order valence-electron chi connectivity index (χ3n) is 3.28. The predicted molar refractivity (Wildman–Crippen MR) is 68.7 cm³/mol. The maximum Gasteiger partial charge on any atom is 0.407 e. The van der Waals surface area contributed by atoms with E-state index in [1.807, 2.05) is 20.8 Å². The number of ether oxygens (including phenoxy) is 1. The minimum atomic E-state index is -0.427. The third-order valence-corrected chi connectivity index (χ3v) is 3.28. The molecule has 0 heterocycles. The molecule has 0 aliphatic heterocycles. The van der Waals surface area contributed by atoms with E-state index in [0.29, 0.717) is 18.4 Å². The third kappa shape index (κ3) is 5.39. The Bertz CT molecular complexity index is 248. The lowest BCUT2D eigenvalue weighted by molar-refractivity contribution is 0.0507. The molecule has 0 unspecified atom stereocenters. The highest BCUT2D eigenvalue weighted by Crippen LogP contribution is 2.28. The molecule has 0 radical (unpaired) electrons. The monoisotopic (exact) mass is 242 g/mol. The number of amides is 1. The number of nitrogens with one attached hydrogen (secondary N) is 1. The molecule has 1 rings (SSSR count). The van der Waals surface area contributed by atoms with E-state index < -0.39 is 5.60 Å². The summed E-state index contributed by atoms with van der Waals surface area (Å²) in [7, 11) is 0. The number of alkyl carbamates (subject to hydrolysis) is 1. The van der Waals surface area contributed by atoms with Crippen LogP contribution in [0.4, 0.5) is 4.79 Å². The van der Waals surface area contributed by atoms with Crippen molar-refractivity contribution in [2.24, 2.45) is 17.6 Å². The number of nitrogens with two attached hydrogens (primary N) is 1. The summed E-state index contributed by atoms with van der Waals surface area (Å²) < 4.78 is 5.22. The van der Waals surface area contributed by atoms with Gasteiger partial charge in [0.1, 0.15) is 5.60 Å². The van der Waals surface area contributed by atoms with Gasteiger partial charge in [0.05, 0.1) is 0 Å². The first-order valence-corrected chi connectivity index (χ1v) is 6.59. The molecular formula is C13H26N2O2. The van der Waals surface area contributed by atoms with Crippen molar-refractivity contribution < 1.29 is 9.53 Å². The van der Waals surface area contributed by atoms with Gasteiger partial charge in [-0.15, -0.1) is 0 Å². The Labute approximate surface area is 104 Å². The van der Waals surface area contributed by atoms with Gasteiger partial charge in [-0.2, -0.15) is 0 Å². The molecule has 0 aromatic carbocycles. The second-order valence-corrected chi connectivity index (χ2v) is 5.92. The maximum absolute atomic E-state index is 11.5. The van der Waals surface area contributed by atoms with E-state index in [1.165, 1.54) is 19.3 Å². The standard InChI is InChI=1S/C13H26N2O2/c1-13(2,3)17-12(16)15-9-11-7-5-4-6-10(11)8-14/h10-11H,4-9,14H2,1-3H3,(H,15,16)/t10-,11-/m1/s1. The molecule has 0 aromatic rings. The van der Waals surface area contributed by atoms with Gasteiger partial charge in [0.15, 0.2) is 0 Å². The molecule has 0 aromatic heterocycles. The van der Waals surface area contributed by atoms with Crippen molar-refractivity contribution in [3.8, 4) is 0 Å². The van der Waals surface area contributed by atoms with E-state index in [9.17, 15) is 4.79 Å². The first-order valence-electron chi connectivity index (χ1n) is 6.59. The number of carbonyl (C=O) groups is 1. The molecule has 0 spiro atoms. The molecule has 100 valence electrons. The number of hydrogen-bond acceptors (Lipinski definition) is 3. The van der Waals surface area contributed by atoms with Crippen LogP contribution in [0.2, 0.25) is 0 Å². The molecular weight excluding hydrogens is 216 g/mol. The van der Waals surface area contributed by atoms with Gasteiger partial charge in [-0.05, 0) is 52.0 Å². The van der Waals surface area contributed by atoms with Crippen LogP contribution >= 0.6 is 0 Å². The zero-order valence-corrected chi connectivity index (χ0v) is 11.3.